The van der Waals surface area contributed by atoms with E-state index in [0.29, 0.717) is 47.5 Å². The number of H-pyrrole nitrogens is 1. The van der Waals surface area contributed by atoms with Crippen LogP contribution in [0.15, 0.2) is 51.1 Å². The Balaban J connectivity index is 1.08. The number of aromatic amines is 1. The highest BCUT2D eigenvalue weighted by atomic mass is 32.2. The molecule has 15 heteroatoms. The Morgan fingerprint density at radius 2 is 1.43 bits per heavy atom. The number of fused-ring (bicyclic) bond motifs is 1. The van der Waals surface area contributed by atoms with Crippen LogP contribution in [0.3, 0.4) is 0 Å². The van der Waals surface area contributed by atoms with Crippen LogP contribution in [-0.2, 0) is 28.9 Å². The van der Waals surface area contributed by atoms with Crippen LogP contribution in [0.1, 0.15) is 173 Å². The largest absolute Gasteiger partial charge is 0.490 e. The molecule has 2 atom stereocenters. The Labute approximate surface area is 379 Å². The van der Waals surface area contributed by atoms with Gasteiger partial charge in [0, 0.05) is 5.75 Å². The summed E-state index contributed by atoms with van der Waals surface area (Å²) in [5, 5.41) is 20.7. The molecule has 0 radical (unpaired) electrons. The number of nitrogens with one attached hydrogen (secondary N) is 2. The van der Waals surface area contributed by atoms with Crippen LogP contribution < -0.4 is 18.4 Å². The third kappa shape index (κ3) is 15.9. The predicted molar refractivity (Wildman–Crippen MR) is 255 cm³/mol. The van der Waals surface area contributed by atoms with Gasteiger partial charge in [0.1, 0.15) is 5.75 Å². The van der Waals surface area contributed by atoms with Crippen molar-refractivity contribution < 1.29 is 17.9 Å². The van der Waals surface area contributed by atoms with Crippen LogP contribution >= 0.6 is 34.9 Å². The SMILES string of the molecule is CCCCCCCCCCCCCCCCCCOc1ccc(C(C)(C)C)cc1OS(=O)NC(C)c1nnc2c(Oc3ccc(CSc4nnc(SC)s4)cc3)c(CC)[nH]n12. The average Bonchev–Trinajstić information content (AvgIpc) is 3.98. The second-order valence-electron chi connectivity index (χ2n) is 16.8. The molecule has 5 aromatic rings. The molecule has 0 amide bonds. The molecule has 2 unspecified atom stereocenters. The molecule has 2 aromatic carbocycles. The highest BCUT2D eigenvalue weighted by Gasteiger charge is 2.24. The van der Waals surface area contributed by atoms with Gasteiger partial charge in [0.2, 0.25) is 5.65 Å². The number of aromatic nitrogens is 6. The molecule has 0 spiro atoms. The summed E-state index contributed by atoms with van der Waals surface area (Å²) in [5.74, 6) is 3.68. The summed E-state index contributed by atoms with van der Waals surface area (Å²) >= 11 is 2.98. The quantitative estimate of drug-likeness (QED) is 0.0339. The topological polar surface area (TPSA) is 129 Å². The van der Waals surface area contributed by atoms with Crippen molar-refractivity contribution in [3.63, 3.8) is 0 Å². The molecule has 11 nitrogen and oxygen atoms in total. The maximum Gasteiger partial charge on any atom is 0.288 e. The molecule has 0 saturated carbocycles. The van der Waals surface area contributed by atoms with Gasteiger partial charge in [-0.1, -0.05) is 184 Å². The minimum atomic E-state index is -1.91. The van der Waals surface area contributed by atoms with E-state index in [1.165, 1.54) is 89.9 Å². The molecular weight excluding hydrogens is 843 g/mol. The zero-order valence-corrected chi connectivity index (χ0v) is 40.8. The van der Waals surface area contributed by atoms with E-state index in [0.717, 1.165) is 44.1 Å². The number of hydrogen-bond donors (Lipinski definition) is 2. The molecule has 0 aliphatic rings. The second-order valence-corrected chi connectivity index (χ2v) is 20.9. The number of rotatable bonds is 30. The summed E-state index contributed by atoms with van der Waals surface area (Å²) in [6, 6.07) is 13.5. The van der Waals surface area contributed by atoms with E-state index >= 15 is 0 Å². The van der Waals surface area contributed by atoms with Gasteiger partial charge in [-0.05, 0) is 66.8 Å². The molecule has 61 heavy (non-hydrogen) atoms. The average molecular weight is 912 g/mol. The monoisotopic (exact) mass is 911 g/mol. The lowest BCUT2D eigenvalue weighted by molar-refractivity contribution is 0.296. The number of hydrogen-bond acceptors (Lipinski definition) is 11. The van der Waals surface area contributed by atoms with Crippen LogP contribution in [0.5, 0.6) is 23.0 Å². The van der Waals surface area contributed by atoms with E-state index in [-0.39, 0.29) is 5.41 Å². The number of ether oxygens (including phenoxy) is 2. The van der Waals surface area contributed by atoms with Crippen molar-refractivity contribution in [2.45, 2.75) is 177 Å². The van der Waals surface area contributed by atoms with Crippen molar-refractivity contribution in [3.05, 3.63) is 65.1 Å². The summed E-state index contributed by atoms with van der Waals surface area (Å²) in [7, 11) is 0. The first kappa shape index (κ1) is 48.9. The molecule has 5 rings (SSSR count). The van der Waals surface area contributed by atoms with Crippen molar-refractivity contribution >= 4 is 51.8 Å². The number of thioether (sulfide) groups is 2. The van der Waals surface area contributed by atoms with E-state index in [1.807, 2.05) is 37.4 Å². The Hall–Kier alpha value is -3.11. The Morgan fingerprint density at radius 1 is 0.803 bits per heavy atom. The molecule has 336 valence electrons. The van der Waals surface area contributed by atoms with Crippen molar-refractivity contribution in [2.75, 3.05) is 12.9 Å². The van der Waals surface area contributed by atoms with E-state index < -0.39 is 17.3 Å². The summed E-state index contributed by atoms with van der Waals surface area (Å²) in [6.45, 7) is 13.2. The maximum atomic E-state index is 13.6. The van der Waals surface area contributed by atoms with Crippen molar-refractivity contribution in [2.24, 2.45) is 0 Å². The van der Waals surface area contributed by atoms with Crippen molar-refractivity contribution in [3.8, 4) is 23.0 Å². The molecule has 0 saturated heterocycles. The van der Waals surface area contributed by atoms with Gasteiger partial charge in [-0.15, -0.1) is 20.4 Å². The maximum absolute atomic E-state index is 13.6. The lowest BCUT2D eigenvalue weighted by atomic mass is 9.87. The standard InChI is InChI=1S/C46H69N7O4S4/c1-8-10-11-12-13-14-15-16-17-18-19-20-21-22-23-24-31-55-39-30-27-36(46(4,5)6)32-40(39)57-61(54)52-34(3)42-47-48-43-41(38(9-2)51-53(42)43)56-37-28-25-35(26-29-37)33-59-45-50-49-44(58-7)60-45/h25-30,32,34,51-52H,8-24,31,33H2,1-7H3. The smallest absolute Gasteiger partial charge is 0.288 e. The fourth-order valence-electron chi connectivity index (χ4n) is 7.05. The van der Waals surface area contributed by atoms with Gasteiger partial charge in [0.05, 0.1) is 18.3 Å². The first-order valence-corrected chi connectivity index (χ1v) is 26.6. The number of nitrogens with zero attached hydrogens (tertiary/aromatic N) is 5. The minimum Gasteiger partial charge on any atom is -0.490 e. The number of unbranched alkanes of at least 4 members (excludes halogenated alkanes) is 15. The molecule has 0 bridgehead atoms. The number of benzene rings is 2. The van der Waals surface area contributed by atoms with E-state index in [1.54, 1.807) is 39.4 Å². The number of aryl methyl sites for hydroxylation is 1. The third-order valence-corrected chi connectivity index (χ3v) is 14.7. The van der Waals surface area contributed by atoms with Gasteiger partial charge >= 0.3 is 0 Å². The second kappa shape index (κ2) is 25.9. The normalized spacial score (nSPS) is 12.9. The highest BCUT2D eigenvalue weighted by molar-refractivity contribution is 8.02. The van der Waals surface area contributed by atoms with E-state index in [4.69, 9.17) is 13.7 Å². The summed E-state index contributed by atoms with van der Waals surface area (Å²) in [5.41, 5.74) is 3.53. The third-order valence-electron chi connectivity index (χ3n) is 10.7. The highest BCUT2D eigenvalue weighted by Crippen LogP contribution is 2.36. The first-order chi connectivity index (χ1) is 29.6. The van der Waals surface area contributed by atoms with Gasteiger partial charge in [0.15, 0.2) is 31.8 Å². The van der Waals surface area contributed by atoms with Gasteiger partial charge in [-0.25, -0.2) is 4.52 Å². The summed E-state index contributed by atoms with van der Waals surface area (Å²) in [6.07, 6.45) is 23.9. The molecule has 3 aromatic heterocycles. The Morgan fingerprint density at radius 3 is 2.02 bits per heavy atom. The molecular formula is C46H69N7O4S4. The molecule has 0 aliphatic heterocycles. The summed E-state index contributed by atoms with van der Waals surface area (Å²) in [4.78, 5) is 0. The van der Waals surface area contributed by atoms with Gasteiger partial charge in [-0.3, -0.25) is 5.10 Å². The molecule has 0 fully saturated rings. The fourth-order valence-corrected chi connectivity index (χ4v) is 10.2. The van der Waals surface area contributed by atoms with Crippen LogP contribution in [-0.4, -0.2) is 47.1 Å². The Bertz CT molecular complexity index is 2040. The van der Waals surface area contributed by atoms with Gasteiger partial charge in [0.25, 0.3) is 11.3 Å². The van der Waals surface area contributed by atoms with Crippen molar-refractivity contribution in [1.29, 1.82) is 0 Å². The molecule has 2 N–H and O–H groups in total. The minimum absolute atomic E-state index is 0.122. The fraction of sp³-hybridized carbons (Fsp3) is 0.609. The first-order valence-electron chi connectivity index (χ1n) is 22.5. The van der Waals surface area contributed by atoms with E-state index in [2.05, 4.69) is 83.0 Å². The predicted octanol–water partition coefficient (Wildman–Crippen LogP) is 13.5. The van der Waals surface area contributed by atoms with Crippen LogP contribution in [0.2, 0.25) is 0 Å². The zero-order valence-electron chi connectivity index (χ0n) is 37.6. The van der Waals surface area contributed by atoms with Gasteiger partial charge < -0.3 is 13.7 Å². The summed E-state index contributed by atoms with van der Waals surface area (Å²) < 4.78 is 39.0. The lowest BCUT2D eigenvalue weighted by Gasteiger charge is -2.21. The van der Waals surface area contributed by atoms with E-state index in [9.17, 15) is 4.21 Å². The van der Waals surface area contributed by atoms with Crippen LogP contribution in [0.25, 0.3) is 5.65 Å². The zero-order chi connectivity index (χ0) is 43.5. The molecule has 0 aliphatic carbocycles. The Kier molecular flexibility index (Phi) is 20.7. The van der Waals surface area contributed by atoms with Crippen LogP contribution in [0.4, 0.5) is 0 Å². The van der Waals surface area contributed by atoms with Crippen LogP contribution in [0, 0.1) is 0 Å². The van der Waals surface area contributed by atoms with Crippen molar-refractivity contribution in [1.82, 2.24) is 34.7 Å². The van der Waals surface area contributed by atoms with Gasteiger partial charge in [-0.2, -0.15) is 8.93 Å². The molecule has 3 heterocycles. The lowest BCUT2D eigenvalue weighted by Crippen LogP contribution is -2.27.